The van der Waals surface area contributed by atoms with Crippen molar-refractivity contribution in [3.8, 4) is 0 Å². The fraction of sp³-hybridized carbons (Fsp3) is 1.00. The van der Waals surface area contributed by atoms with Crippen molar-refractivity contribution in [1.29, 1.82) is 0 Å². The zero-order chi connectivity index (χ0) is 23.0. The van der Waals surface area contributed by atoms with Crippen LogP contribution in [0.1, 0.15) is 46.5 Å². The molecule has 4 aliphatic heterocycles. The molecule has 1 saturated carbocycles. The highest BCUT2D eigenvalue weighted by Gasteiger charge is 2.74. The second kappa shape index (κ2) is 7.15. The lowest BCUT2D eigenvalue weighted by molar-refractivity contribution is -0.578. The lowest BCUT2D eigenvalue weighted by Gasteiger charge is -2.60. The van der Waals surface area contributed by atoms with E-state index in [1.54, 1.807) is 13.8 Å². The first-order valence-corrected chi connectivity index (χ1v) is 10.3. The van der Waals surface area contributed by atoms with E-state index in [0.717, 1.165) is 6.42 Å². The Labute approximate surface area is 174 Å². The van der Waals surface area contributed by atoms with Crippen LogP contribution >= 0.6 is 0 Å². The summed E-state index contributed by atoms with van der Waals surface area (Å²) in [6.07, 6.45) is -6.41. The number of fused-ring (bicyclic) bond motifs is 2. The number of halogens is 7. The van der Waals surface area contributed by atoms with Crippen molar-refractivity contribution in [2.24, 2.45) is 23.7 Å². The average molecular weight is 466 g/mol. The smallest absolute Gasteiger partial charge is 0.346 e. The van der Waals surface area contributed by atoms with E-state index in [1.165, 1.54) is 0 Å². The fourth-order valence-electron chi connectivity index (χ4n) is 5.55. The maximum absolute atomic E-state index is 13.8. The van der Waals surface area contributed by atoms with Crippen LogP contribution < -0.4 is 0 Å². The van der Waals surface area contributed by atoms with Gasteiger partial charge >= 0.3 is 18.0 Å². The van der Waals surface area contributed by atoms with Gasteiger partial charge in [0.05, 0.1) is 0 Å². The van der Waals surface area contributed by atoms with Crippen molar-refractivity contribution in [2.45, 2.75) is 88.4 Å². The number of rotatable bonds is 4. The van der Waals surface area contributed by atoms with Gasteiger partial charge in [0.2, 0.25) is 5.79 Å². The fourth-order valence-corrected chi connectivity index (χ4v) is 5.55. The Hall–Kier alpha value is -0.690. The van der Waals surface area contributed by atoms with Crippen molar-refractivity contribution >= 4 is 0 Å². The highest BCUT2D eigenvalue weighted by molar-refractivity contribution is 5.09. The summed E-state index contributed by atoms with van der Waals surface area (Å²) in [5.74, 6) is -13.7. The number of hydrogen-bond acceptors (Lipinski definition) is 5. The van der Waals surface area contributed by atoms with Crippen LogP contribution in [-0.4, -0.2) is 48.6 Å². The largest absolute Gasteiger partial charge is 0.459 e. The van der Waals surface area contributed by atoms with Gasteiger partial charge in [0, 0.05) is 18.3 Å². The van der Waals surface area contributed by atoms with Crippen molar-refractivity contribution in [1.82, 2.24) is 0 Å². The Kier molecular flexibility index (Phi) is 5.41. The van der Waals surface area contributed by atoms with Gasteiger partial charge in [0.15, 0.2) is 18.2 Å². The maximum Gasteiger partial charge on any atom is 0.459 e. The SMILES string of the molecule is C[C@@H]1CC[C@H]2[C@@H](C)C(OCC(F)(F)C(F)(F)C(F)(F)F)O[C@@H]3O[C@]4(C)CC[C@@H]1[C@]32OO4. The molecule has 0 aromatic heterocycles. The van der Waals surface area contributed by atoms with E-state index in [2.05, 4.69) is 6.92 Å². The Morgan fingerprint density at radius 1 is 0.935 bits per heavy atom. The molecule has 5 fully saturated rings. The lowest BCUT2D eigenvalue weighted by Crippen LogP contribution is -2.70. The molecule has 0 aromatic carbocycles. The molecule has 0 N–H and O–H groups in total. The highest BCUT2D eigenvalue weighted by Crippen LogP contribution is 2.60. The number of hydrogen-bond donors (Lipinski definition) is 0. The van der Waals surface area contributed by atoms with Gasteiger partial charge in [0.25, 0.3) is 0 Å². The van der Waals surface area contributed by atoms with Gasteiger partial charge in [-0.05, 0) is 38.0 Å². The molecule has 0 amide bonds. The second-order valence-corrected chi connectivity index (χ2v) is 9.36. The van der Waals surface area contributed by atoms with Crippen LogP contribution in [0.2, 0.25) is 0 Å². The molecule has 0 aromatic rings. The predicted octanol–water partition coefficient (Wildman–Crippen LogP) is 5.04. The van der Waals surface area contributed by atoms with Crippen molar-refractivity contribution in [2.75, 3.05) is 6.61 Å². The Morgan fingerprint density at radius 3 is 2.26 bits per heavy atom. The highest BCUT2D eigenvalue weighted by atomic mass is 19.4. The topological polar surface area (TPSA) is 46.2 Å². The zero-order valence-corrected chi connectivity index (χ0v) is 17.2. The molecule has 5 nitrogen and oxygen atoms in total. The summed E-state index contributed by atoms with van der Waals surface area (Å²) in [5.41, 5.74) is -1.04. The first-order valence-electron chi connectivity index (χ1n) is 10.3. The molecule has 180 valence electrons. The maximum atomic E-state index is 13.8. The Morgan fingerprint density at radius 2 is 1.61 bits per heavy atom. The van der Waals surface area contributed by atoms with Gasteiger partial charge in [0.1, 0.15) is 6.61 Å². The quantitative estimate of drug-likeness (QED) is 0.429. The number of alkyl halides is 7. The number of ether oxygens (including phenoxy) is 3. The Balaban J connectivity index is 1.57. The summed E-state index contributed by atoms with van der Waals surface area (Å²) in [5, 5.41) is 0. The summed E-state index contributed by atoms with van der Waals surface area (Å²) in [7, 11) is 0. The van der Waals surface area contributed by atoms with E-state index in [1.807, 2.05) is 0 Å². The molecule has 1 unspecified atom stereocenters. The summed E-state index contributed by atoms with van der Waals surface area (Å²) in [6.45, 7) is 3.14. The second-order valence-electron chi connectivity index (χ2n) is 9.36. The molecule has 31 heavy (non-hydrogen) atoms. The molecule has 4 saturated heterocycles. The molecule has 1 aliphatic carbocycles. The van der Waals surface area contributed by atoms with Crippen LogP contribution in [0, 0.1) is 23.7 Å². The van der Waals surface area contributed by atoms with E-state index < -0.39 is 54.5 Å². The van der Waals surface area contributed by atoms with Crippen LogP contribution in [0.15, 0.2) is 0 Å². The van der Waals surface area contributed by atoms with Crippen molar-refractivity contribution in [3.63, 3.8) is 0 Å². The first kappa shape index (κ1) is 23.5. The van der Waals surface area contributed by atoms with Crippen LogP contribution in [0.5, 0.6) is 0 Å². The van der Waals surface area contributed by atoms with Gasteiger partial charge in [-0.3, -0.25) is 0 Å². The van der Waals surface area contributed by atoms with Gasteiger partial charge in [-0.15, -0.1) is 0 Å². The van der Waals surface area contributed by atoms with E-state index >= 15 is 0 Å². The molecule has 8 atom stereocenters. The van der Waals surface area contributed by atoms with Crippen molar-refractivity contribution in [3.05, 3.63) is 0 Å². The van der Waals surface area contributed by atoms with E-state index in [9.17, 15) is 30.7 Å². The minimum atomic E-state index is -6.42. The van der Waals surface area contributed by atoms with Crippen LogP contribution in [0.3, 0.4) is 0 Å². The van der Waals surface area contributed by atoms with E-state index in [0.29, 0.717) is 19.3 Å². The third-order valence-corrected chi connectivity index (χ3v) is 7.34. The van der Waals surface area contributed by atoms with E-state index in [4.69, 9.17) is 24.0 Å². The minimum Gasteiger partial charge on any atom is -0.346 e. The molecular weight excluding hydrogens is 441 g/mol. The van der Waals surface area contributed by atoms with E-state index in [-0.39, 0.29) is 17.8 Å². The van der Waals surface area contributed by atoms with Gasteiger partial charge in [-0.25, -0.2) is 9.78 Å². The molecule has 5 aliphatic rings. The third kappa shape index (κ3) is 3.39. The molecule has 2 bridgehead atoms. The molecular formula is C19H25F7O5. The van der Waals surface area contributed by atoms with Crippen LogP contribution in [0.25, 0.3) is 0 Å². The normalized spacial score (nSPS) is 45.9. The van der Waals surface area contributed by atoms with Crippen LogP contribution in [0.4, 0.5) is 30.7 Å². The lowest BCUT2D eigenvalue weighted by atomic mass is 9.58. The van der Waals surface area contributed by atoms with Crippen molar-refractivity contribution < 1.29 is 54.7 Å². The zero-order valence-electron chi connectivity index (χ0n) is 17.2. The van der Waals surface area contributed by atoms with Gasteiger partial charge in [-0.2, -0.15) is 30.7 Å². The van der Waals surface area contributed by atoms with Crippen LogP contribution in [-0.2, 0) is 24.0 Å². The average Bonchev–Trinajstić information content (AvgIpc) is 2.88. The summed E-state index contributed by atoms with van der Waals surface area (Å²) >= 11 is 0. The third-order valence-electron chi connectivity index (χ3n) is 7.34. The molecule has 12 heteroatoms. The van der Waals surface area contributed by atoms with Gasteiger partial charge < -0.3 is 14.2 Å². The van der Waals surface area contributed by atoms with Gasteiger partial charge in [-0.1, -0.05) is 13.8 Å². The minimum absolute atomic E-state index is 0.0278. The molecule has 5 rings (SSSR count). The predicted molar refractivity (Wildman–Crippen MR) is 88.7 cm³/mol. The Bertz CT molecular complexity index is 704. The monoisotopic (exact) mass is 466 g/mol. The molecule has 1 spiro atoms. The summed E-state index contributed by atoms with van der Waals surface area (Å²) < 4.78 is 108. The molecule has 0 radical (unpaired) electrons. The summed E-state index contributed by atoms with van der Waals surface area (Å²) in [6, 6.07) is 0. The summed E-state index contributed by atoms with van der Waals surface area (Å²) in [4.78, 5) is 11.4. The first-order chi connectivity index (χ1) is 14.1. The standard InChI is InChI=1S/C19H25F7O5/c1-9-4-5-12-10(2)13(27-8-16(20,21)18(22,23)19(24,25)26)28-14-17(12)11(9)6-7-15(3,29-14)30-31-17/h9-14H,4-8H2,1-3H3/t9-,10-,11+,12+,13?,14-,15+,17-/m1/s1. The molecule has 4 heterocycles.